The molecule has 0 N–H and O–H groups in total. The number of rotatable bonds is 7. The number of hydrogen-bond donors (Lipinski definition) is 0. The molecule has 1 fully saturated rings. The molecule has 1 amide bonds. The Morgan fingerprint density at radius 1 is 1.19 bits per heavy atom. The normalized spacial score (nSPS) is 19.5. The van der Waals surface area contributed by atoms with Crippen molar-refractivity contribution >= 4 is 44.6 Å². The Bertz CT molecular complexity index is 1840. The van der Waals surface area contributed by atoms with Crippen LogP contribution in [0, 0.1) is 12.7 Å². The number of imidazole rings is 1. The van der Waals surface area contributed by atoms with Gasteiger partial charge in [0.1, 0.15) is 11.5 Å². The van der Waals surface area contributed by atoms with Crippen molar-refractivity contribution in [2.24, 2.45) is 0 Å². The monoisotopic (exact) mass is 630 g/mol. The van der Waals surface area contributed by atoms with Gasteiger partial charge in [-0.05, 0) is 80.9 Å². The zero-order valence-electron chi connectivity index (χ0n) is 23.3. The van der Waals surface area contributed by atoms with Crippen LogP contribution in [0.4, 0.5) is 4.39 Å². The summed E-state index contributed by atoms with van der Waals surface area (Å²) in [6.07, 6.45) is 1.64. The number of carbonyl (C=O) groups excluding carboxylic acids is 1. The number of pyridine rings is 1. The maximum atomic E-state index is 14.7. The molecule has 12 heteroatoms. The molecule has 2 aromatic heterocycles. The van der Waals surface area contributed by atoms with Crippen LogP contribution in [0.25, 0.3) is 16.9 Å². The van der Waals surface area contributed by atoms with Crippen molar-refractivity contribution in [3.8, 4) is 17.1 Å². The van der Waals surface area contributed by atoms with Crippen molar-refractivity contribution in [1.29, 1.82) is 0 Å². The first kappa shape index (κ1) is 28.9. The number of ether oxygens (including phenoxy) is 1. The van der Waals surface area contributed by atoms with Crippen molar-refractivity contribution in [3.63, 3.8) is 0 Å². The van der Waals surface area contributed by atoms with Gasteiger partial charge in [0.15, 0.2) is 21.4 Å². The average Bonchev–Trinajstić information content (AvgIpc) is 3.48. The molecule has 1 saturated heterocycles. The minimum Gasteiger partial charge on any atom is -0.482 e. The molecule has 0 aliphatic carbocycles. The highest BCUT2D eigenvalue weighted by molar-refractivity contribution is 7.92. The highest BCUT2D eigenvalue weighted by Crippen LogP contribution is 2.45. The molecule has 0 bridgehead atoms. The fourth-order valence-corrected chi connectivity index (χ4v) is 8.58. The number of amides is 1. The average molecular weight is 632 g/mol. The van der Waals surface area contributed by atoms with Gasteiger partial charge in [0.25, 0.3) is 5.91 Å². The van der Waals surface area contributed by atoms with Crippen LogP contribution in [0.3, 0.4) is 0 Å². The maximum absolute atomic E-state index is 14.7. The molecule has 1 unspecified atom stereocenters. The minimum absolute atomic E-state index is 0.0358. The molecule has 2 atom stereocenters. The van der Waals surface area contributed by atoms with E-state index in [1.807, 2.05) is 7.05 Å². The Labute approximate surface area is 253 Å². The molecule has 2 aromatic carbocycles. The largest absolute Gasteiger partial charge is 0.482 e. The fourth-order valence-electron chi connectivity index (χ4n) is 5.95. The van der Waals surface area contributed by atoms with E-state index in [0.717, 1.165) is 13.0 Å². The van der Waals surface area contributed by atoms with Crippen molar-refractivity contribution in [1.82, 2.24) is 19.2 Å². The van der Waals surface area contributed by atoms with Crippen LogP contribution in [-0.2, 0) is 9.84 Å². The molecule has 42 heavy (non-hydrogen) atoms. The lowest BCUT2D eigenvalue weighted by Crippen LogP contribution is -2.47. The van der Waals surface area contributed by atoms with Crippen LogP contribution in [-0.4, -0.2) is 72.6 Å². The molecule has 0 saturated carbocycles. The molecule has 0 radical (unpaired) electrons. The van der Waals surface area contributed by atoms with Crippen LogP contribution in [0.15, 0.2) is 53.4 Å². The third kappa shape index (κ3) is 4.74. The molecule has 8 nitrogen and oxygen atoms in total. The van der Waals surface area contributed by atoms with Crippen LogP contribution in [0.1, 0.15) is 40.5 Å². The second kappa shape index (κ2) is 10.8. The van der Waals surface area contributed by atoms with Gasteiger partial charge in [-0.3, -0.25) is 9.20 Å². The number of carbonyl (C=O) groups is 1. The fraction of sp³-hybridized carbons (Fsp3) is 0.333. The van der Waals surface area contributed by atoms with Gasteiger partial charge in [-0.2, -0.15) is 0 Å². The summed E-state index contributed by atoms with van der Waals surface area (Å²) in [6, 6.07) is 12.5. The molecular formula is C30H29Cl2FN4O4S. The van der Waals surface area contributed by atoms with Gasteiger partial charge in [0.2, 0.25) is 0 Å². The summed E-state index contributed by atoms with van der Waals surface area (Å²) in [5, 5.41) is 0.0951. The third-order valence-corrected chi connectivity index (χ3v) is 11.1. The van der Waals surface area contributed by atoms with Gasteiger partial charge in [0, 0.05) is 18.2 Å². The first-order valence-electron chi connectivity index (χ1n) is 13.6. The van der Waals surface area contributed by atoms with Crippen LogP contribution in [0.5, 0.6) is 5.88 Å². The summed E-state index contributed by atoms with van der Waals surface area (Å²) in [6.45, 7) is 2.91. The van der Waals surface area contributed by atoms with Crippen molar-refractivity contribution in [2.45, 2.75) is 36.7 Å². The number of fused-ring (bicyclic) bond motifs is 2. The van der Waals surface area contributed by atoms with Gasteiger partial charge < -0.3 is 14.5 Å². The predicted molar refractivity (Wildman–Crippen MR) is 160 cm³/mol. The van der Waals surface area contributed by atoms with E-state index in [-0.39, 0.29) is 38.2 Å². The number of sulfone groups is 1. The number of hydrogen-bond acceptors (Lipinski definition) is 6. The topological polar surface area (TPSA) is 84.2 Å². The van der Waals surface area contributed by atoms with Crippen molar-refractivity contribution < 1.29 is 22.3 Å². The maximum Gasteiger partial charge on any atom is 0.275 e. The molecule has 2 aliphatic heterocycles. The van der Waals surface area contributed by atoms with E-state index in [1.165, 1.54) is 13.2 Å². The Morgan fingerprint density at radius 2 is 1.98 bits per heavy atom. The summed E-state index contributed by atoms with van der Waals surface area (Å²) in [5.74, 6) is -0.703. The number of likely N-dealkylation sites (tertiary alicyclic amines) is 1. The van der Waals surface area contributed by atoms with Gasteiger partial charge in [-0.15, -0.1) is 0 Å². The molecule has 220 valence electrons. The smallest absolute Gasteiger partial charge is 0.275 e. The van der Waals surface area contributed by atoms with Gasteiger partial charge in [-0.1, -0.05) is 35.3 Å². The standard InChI is InChI=1S/C30H29Cl2FN4O4S/c1-17-15-18(7-10-22(17)33)28-27(34-24-5-4-6-25(41-3)37(24)28)30(38)36(14-12-19-11-13-35(19)2)23-16-42(39,40)29-20(23)8-9-21(31)26(29)32/h4-10,15,19,23H,11-14,16H2,1-3H3/t19-,23?/m0/s1. The molecule has 0 spiro atoms. The second-order valence-corrected chi connectivity index (χ2v) is 13.6. The number of aryl methyl sites for hydroxylation is 1. The summed E-state index contributed by atoms with van der Waals surface area (Å²) in [7, 11) is -0.277. The lowest BCUT2D eigenvalue weighted by Gasteiger charge is -2.40. The molecule has 4 aromatic rings. The summed E-state index contributed by atoms with van der Waals surface area (Å²) < 4.78 is 48.4. The SMILES string of the molecule is COc1cccc2nc(C(=O)N(CC[C@@H]3CCN3C)C3CS(=O)(=O)c4c3ccc(Cl)c4Cl)c(-c3ccc(F)c(C)c3)n12. The Balaban J connectivity index is 1.53. The molecule has 4 heterocycles. The second-order valence-electron chi connectivity index (χ2n) is 10.8. The number of halogens is 3. The first-order chi connectivity index (χ1) is 20.0. The Morgan fingerprint density at radius 3 is 2.64 bits per heavy atom. The van der Waals surface area contributed by atoms with Gasteiger partial charge in [0.05, 0.1) is 39.5 Å². The minimum atomic E-state index is -3.83. The van der Waals surface area contributed by atoms with Crippen LogP contribution >= 0.6 is 23.2 Å². The Hall–Kier alpha value is -3.18. The van der Waals surface area contributed by atoms with Crippen molar-refractivity contribution in [2.75, 3.05) is 33.0 Å². The quantitative estimate of drug-likeness (QED) is 0.255. The zero-order chi connectivity index (χ0) is 29.9. The Kier molecular flexibility index (Phi) is 7.45. The van der Waals surface area contributed by atoms with E-state index in [0.29, 0.717) is 46.9 Å². The number of benzene rings is 2. The summed E-state index contributed by atoms with van der Waals surface area (Å²) >= 11 is 12.6. The molecular weight excluding hydrogens is 602 g/mol. The molecule has 6 rings (SSSR count). The van der Waals surface area contributed by atoms with E-state index in [1.54, 1.807) is 58.7 Å². The van der Waals surface area contributed by atoms with E-state index < -0.39 is 21.8 Å². The highest BCUT2D eigenvalue weighted by Gasteiger charge is 2.43. The van der Waals surface area contributed by atoms with E-state index in [9.17, 15) is 17.6 Å². The summed E-state index contributed by atoms with van der Waals surface area (Å²) in [5.41, 5.74) is 2.41. The first-order valence-corrected chi connectivity index (χ1v) is 16.0. The van der Waals surface area contributed by atoms with Gasteiger partial charge >= 0.3 is 0 Å². The zero-order valence-corrected chi connectivity index (χ0v) is 25.6. The van der Waals surface area contributed by atoms with Crippen LogP contribution < -0.4 is 4.74 Å². The predicted octanol–water partition coefficient (Wildman–Crippen LogP) is 5.83. The molecule has 2 aliphatic rings. The van der Waals surface area contributed by atoms with E-state index in [4.69, 9.17) is 32.9 Å². The number of methoxy groups -OCH3 is 1. The number of aromatic nitrogens is 2. The number of nitrogens with zero attached hydrogens (tertiary/aromatic N) is 4. The lowest BCUT2D eigenvalue weighted by molar-refractivity contribution is 0.0610. The van der Waals surface area contributed by atoms with Crippen molar-refractivity contribution in [3.05, 3.63) is 81.2 Å². The summed E-state index contributed by atoms with van der Waals surface area (Å²) in [4.78, 5) is 23.2. The van der Waals surface area contributed by atoms with E-state index >= 15 is 0 Å². The lowest BCUT2D eigenvalue weighted by atomic mass is 9.99. The highest BCUT2D eigenvalue weighted by atomic mass is 35.5. The third-order valence-electron chi connectivity index (χ3n) is 8.36. The van der Waals surface area contributed by atoms with Gasteiger partial charge in [-0.25, -0.2) is 17.8 Å². The van der Waals surface area contributed by atoms with Crippen LogP contribution in [0.2, 0.25) is 10.0 Å². The van der Waals surface area contributed by atoms with E-state index in [2.05, 4.69) is 4.90 Å².